The summed E-state index contributed by atoms with van der Waals surface area (Å²) in [5.41, 5.74) is 0.758. The highest BCUT2D eigenvalue weighted by Crippen LogP contribution is 2.42. The van der Waals surface area contributed by atoms with Gasteiger partial charge in [-0.2, -0.15) is 0 Å². The van der Waals surface area contributed by atoms with Crippen LogP contribution in [-0.2, 0) is 25.4 Å². The lowest BCUT2D eigenvalue weighted by Gasteiger charge is -2.58. The summed E-state index contributed by atoms with van der Waals surface area (Å²) in [5, 5.41) is 42.0. The van der Waals surface area contributed by atoms with Crippen LogP contribution in [0.3, 0.4) is 0 Å². The second kappa shape index (κ2) is 10.0. The Balaban J connectivity index is 1.54. The summed E-state index contributed by atoms with van der Waals surface area (Å²) in [6, 6.07) is 5.02. The van der Waals surface area contributed by atoms with Crippen LogP contribution in [0.1, 0.15) is 18.9 Å². The van der Waals surface area contributed by atoms with Gasteiger partial charge in [0.15, 0.2) is 0 Å². The molecule has 0 aromatic heterocycles. The molecule has 11 heteroatoms. The van der Waals surface area contributed by atoms with Crippen LogP contribution in [0.2, 0.25) is 0 Å². The number of carbonyl (C=O) groups is 1. The van der Waals surface area contributed by atoms with E-state index < -0.39 is 54.6 Å². The Kier molecular flexibility index (Phi) is 7.46. The predicted octanol–water partition coefficient (Wildman–Crippen LogP) is -1.76. The minimum Gasteiger partial charge on any atom is -0.497 e. The van der Waals surface area contributed by atoms with Gasteiger partial charge in [0.25, 0.3) is 0 Å². The van der Waals surface area contributed by atoms with Crippen LogP contribution in [0.4, 0.5) is 0 Å². The zero-order valence-electron chi connectivity index (χ0n) is 19.8. The van der Waals surface area contributed by atoms with Crippen LogP contribution < -0.4 is 20.7 Å². The molecule has 190 valence electrons. The van der Waals surface area contributed by atoms with Crippen LogP contribution in [0, 0.1) is 0 Å². The van der Waals surface area contributed by atoms with Crippen LogP contribution in [0.5, 0.6) is 5.75 Å². The number of hydrogen-bond donors (Lipinski definition) is 6. The number of likely N-dealkylation sites (N-methyl/N-ethyl adjacent to an activating group) is 2. The highest BCUT2D eigenvalue weighted by atomic mass is 16.8. The summed E-state index contributed by atoms with van der Waals surface area (Å²) in [4.78, 5) is 12.9. The normalized spacial score (nSPS) is 41.8. The van der Waals surface area contributed by atoms with E-state index in [1.807, 2.05) is 13.0 Å². The third-order valence-electron chi connectivity index (χ3n) is 6.99. The van der Waals surface area contributed by atoms with E-state index in [4.69, 9.17) is 18.9 Å². The van der Waals surface area contributed by atoms with Gasteiger partial charge in [-0.25, -0.2) is 0 Å². The fourth-order valence-corrected chi connectivity index (χ4v) is 5.23. The number of amides is 1. The van der Waals surface area contributed by atoms with E-state index in [-0.39, 0.29) is 24.9 Å². The monoisotopic (exact) mass is 481 g/mol. The number of aliphatic hydroxyl groups excluding tert-OH is 2. The van der Waals surface area contributed by atoms with Crippen molar-refractivity contribution in [3.63, 3.8) is 0 Å². The predicted molar refractivity (Wildman–Crippen MR) is 120 cm³/mol. The maximum Gasteiger partial charge on any atom is 0.239 e. The first-order valence-electron chi connectivity index (χ1n) is 11.6. The second-order valence-electron chi connectivity index (χ2n) is 9.21. The molecule has 1 saturated carbocycles. The first-order chi connectivity index (χ1) is 16.2. The number of carbonyl (C=O) groups excluding carboxylic acids is 1. The van der Waals surface area contributed by atoms with Crippen molar-refractivity contribution in [2.45, 2.75) is 80.5 Å². The molecule has 0 radical (unpaired) electrons. The van der Waals surface area contributed by atoms with Crippen LogP contribution in [0.15, 0.2) is 24.3 Å². The summed E-state index contributed by atoms with van der Waals surface area (Å²) in [6.07, 6.45) is -5.11. The Morgan fingerprint density at radius 1 is 1.15 bits per heavy atom. The van der Waals surface area contributed by atoms with E-state index in [9.17, 15) is 20.1 Å². The molecule has 3 aliphatic rings. The zero-order valence-corrected chi connectivity index (χ0v) is 19.8. The molecule has 11 nitrogen and oxygen atoms in total. The zero-order chi connectivity index (χ0) is 24.6. The van der Waals surface area contributed by atoms with Gasteiger partial charge in [0.05, 0.1) is 43.9 Å². The largest absolute Gasteiger partial charge is 0.497 e. The van der Waals surface area contributed by atoms with Gasteiger partial charge in [0.1, 0.15) is 24.1 Å². The molecule has 4 rings (SSSR count). The Morgan fingerprint density at radius 2 is 1.88 bits per heavy atom. The molecule has 1 aromatic rings. The Morgan fingerprint density at radius 3 is 2.56 bits per heavy atom. The Labute approximate surface area is 198 Å². The van der Waals surface area contributed by atoms with Crippen LogP contribution in [-0.4, -0.2) is 103 Å². The number of methoxy groups -OCH3 is 1. The molecule has 10 atom stereocenters. The summed E-state index contributed by atoms with van der Waals surface area (Å²) in [7, 11) is 4.85. The van der Waals surface area contributed by atoms with Crippen molar-refractivity contribution < 1.29 is 39.1 Å². The Hall–Kier alpha value is -1.83. The highest BCUT2D eigenvalue weighted by molar-refractivity contribution is 5.79. The van der Waals surface area contributed by atoms with Crippen molar-refractivity contribution in [1.29, 1.82) is 0 Å². The molecule has 0 spiro atoms. The molecule has 1 aromatic carbocycles. The first kappa shape index (κ1) is 25.3. The molecule has 2 aliphatic heterocycles. The van der Waals surface area contributed by atoms with Gasteiger partial charge in [-0.05, 0) is 45.1 Å². The molecule has 3 unspecified atom stereocenters. The fourth-order valence-electron chi connectivity index (χ4n) is 5.23. The number of benzene rings is 1. The molecule has 0 bridgehead atoms. The molecule has 34 heavy (non-hydrogen) atoms. The maximum absolute atomic E-state index is 12.9. The number of aliphatic hydroxyl groups is 3. The minimum absolute atomic E-state index is 0.0804. The van der Waals surface area contributed by atoms with Gasteiger partial charge in [-0.3, -0.25) is 4.79 Å². The van der Waals surface area contributed by atoms with Gasteiger partial charge in [-0.15, -0.1) is 0 Å². The first-order valence-corrected chi connectivity index (χ1v) is 11.6. The van der Waals surface area contributed by atoms with Crippen molar-refractivity contribution in [1.82, 2.24) is 16.0 Å². The molecular formula is C23H35N3O8. The van der Waals surface area contributed by atoms with E-state index in [2.05, 4.69) is 16.0 Å². The second-order valence-corrected chi connectivity index (χ2v) is 9.21. The summed E-state index contributed by atoms with van der Waals surface area (Å²) >= 11 is 0. The minimum atomic E-state index is -2.02. The number of ether oxygens (including phenoxy) is 4. The molecule has 6 N–H and O–H groups in total. The van der Waals surface area contributed by atoms with E-state index in [1.165, 1.54) is 0 Å². The van der Waals surface area contributed by atoms with Gasteiger partial charge in [-0.1, -0.05) is 12.1 Å². The SMILES string of the molecule is CN[C@@H]1[C@H](O)[C@H](NC)C2O[C@]3(O)C(OC2[C@H]1O)O[C@H](C)C[C@H]3NC(=O)Cc1cccc(OC)c1. The van der Waals surface area contributed by atoms with Gasteiger partial charge >= 0.3 is 0 Å². The third-order valence-corrected chi connectivity index (χ3v) is 6.99. The van der Waals surface area contributed by atoms with Crippen molar-refractivity contribution >= 4 is 5.91 Å². The van der Waals surface area contributed by atoms with Crippen LogP contribution >= 0.6 is 0 Å². The van der Waals surface area contributed by atoms with Gasteiger partial charge in [0.2, 0.25) is 18.0 Å². The van der Waals surface area contributed by atoms with Crippen molar-refractivity contribution in [3.8, 4) is 5.75 Å². The quantitative estimate of drug-likeness (QED) is 0.276. The molecular weight excluding hydrogens is 446 g/mol. The van der Waals surface area contributed by atoms with E-state index >= 15 is 0 Å². The molecule has 2 heterocycles. The summed E-state index contributed by atoms with van der Waals surface area (Å²) in [5.74, 6) is -1.68. The van der Waals surface area contributed by atoms with E-state index in [0.29, 0.717) is 5.75 Å². The average Bonchev–Trinajstić information content (AvgIpc) is 2.80. The lowest BCUT2D eigenvalue weighted by molar-refractivity contribution is -0.449. The molecule has 3 fully saturated rings. The number of nitrogens with one attached hydrogen (secondary N) is 3. The summed E-state index contributed by atoms with van der Waals surface area (Å²) in [6.45, 7) is 1.81. The van der Waals surface area contributed by atoms with Crippen molar-refractivity contribution in [3.05, 3.63) is 29.8 Å². The van der Waals surface area contributed by atoms with Gasteiger partial charge in [0, 0.05) is 0 Å². The highest BCUT2D eigenvalue weighted by Gasteiger charge is 2.63. The average molecular weight is 482 g/mol. The summed E-state index contributed by atoms with van der Waals surface area (Å²) < 4.78 is 23.2. The standard InChI is InChI=1S/C23H35N3O8/c1-11-8-14(26-15(27)10-12-6-5-7-13(9-12)31-4)23(30)22(32-11)33-21-19(29)16(24-2)18(28)17(25-3)20(21)34-23/h5-7,9,11,14,16-22,24-25,28-30H,8,10H2,1-4H3,(H,26,27)/t11-,14-,16-,17+,18+,19+,20?,21?,22?,23+/m1/s1. The fraction of sp³-hybridized carbons (Fsp3) is 0.696. The smallest absolute Gasteiger partial charge is 0.239 e. The lowest BCUT2D eigenvalue weighted by atomic mass is 9.79. The Bertz CT molecular complexity index is 874. The van der Waals surface area contributed by atoms with Crippen molar-refractivity contribution in [2.75, 3.05) is 21.2 Å². The van der Waals surface area contributed by atoms with Crippen LogP contribution in [0.25, 0.3) is 0 Å². The molecule has 1 aliphatic carbocycles. The maximum atomic E-state index is 12.9. The lowest BCUT2D eigenvalue weighted by Crippen LogP contribution is -2.79. The van der Waals surface area contributed by atoms with E-state index in [1.54, 1.807) is 39.4 Å². The van der Waals surface area contributed by atoms with Gasteiger partial charge < -0.3 is 50.2 Å². The number of hydrogen-bond acceptors (Lipinski definition) is 10. The third kappa shape index (κ3) is 4.54. The van der Waals surface area contributed by atoms with E-state index in [0.717, 1.165) is 5.56 Å². The topological polar surface area (TPSA) is 151 Å². The molecule has 1 amide bonds. The molecule has 2 saturated heterocycles. The number of rotatable bonds is 6. The number of fused-ring (bicyclic) bond motifs is 2. The van der Waals surface area contributed by atoms with Crippen molar-refractivity contribution in [2.24, 2.45) is 0 Å².